The van der Waals surface area contributed by atoms with Crippen LogP contribution in [0.2, 0.25) is 5.82 Å². The molecular weight excluding hydrogens is 443 g/mol. The van der Waals surface area contributed by atoms with Crippen molar-refractivity contribution in [3.8, 4) is 0 Å². The van der Waals surface area contributed by atoms with E-state index in [4.69, 9.17) is 9.39 Å². The molecule has 5 atom stereocenters. The van der Waals surface area contributed by atoms with Crippen LogP contribution in [0.25, 0.3) is 0 Å². The molecule has 1 saturated carbocycles. The Balaban J connectivity index is 1.89. The summed E-state index contributed by atoms with van der Waals surface area (Å²) in [5.74, 6) is -0.797. The Morgan fingerprint density at radius 3 is 2.43 bits per heavy atom. The van der Waals surface area contributed by atoms with Crippen LogP contribution in [0, 0.1) is 31.1 Å². The molecule has 0 radical (unpaired) electrons. The zero-order valence-electron chi connectivity index (χ0n) is 22.5. The summed E-state index contributed by atoms with van der Waals surface area (Å²) in [6.45, 7) is 15.1. The van der Waals surface area contributed by atoms with Gasteiger partial charge >= 0.3 is 7.12 Å². The van der Waals surface area contributed by atoms with Crippen LogP contribution in [0.15, 0.2) is 18.2 Å². The molecule has 2 fully saturated rings. The van der Waals surface area contributed by atoms with E-state index in [9.17, 15) is 14.6 Å². The number of hydrogen-bond acceptors (Lipinski definition) is 5. The van der Waals surface area contributed by atoms with Crippen LogP contribution in [0.5, 0.6) is 0 Å². The molecule has 35 heavy (non-hydrogen) atoms. The average Bonchev–Trinajstić information content (AvgIpc) is 2.93. The van der Waals surface area contributed by atoms with E-state index in [1.54, 1.807) is 5.01 Å². The molecule has 0 aromatic heterocycles. The molecule has 2 aliphatic rings. The van der Waals surface area contributed by atoms with Crippen molar-refractivity contribution in [3.05, 3.63) is 34.9 Å². The first-order valence-corrected chi connectivity index (χ1v) is 13.1. The lowest BCUT2D eigenvalue weighted by Gasteiger charge is -2.40. The smallest absolute Gasteiger partial charge is 0.427 e. The largest absolute Gasteiger partial charge is 0.457 e. The first kappa shape index (κ1) is 27.7. The van der Waals surface area contributed by atoms with Gasteiger partial charge in [-0.05, 0) is 62.4 Å². The number of hydrazine groups is 1. The number of aryl methyl sites for hydroxylation is 2. The van der Waals surface area contributed by atoms with Crippen molar-refractivity contribution < 1.29 is 24.0 Å². The van der Waals surface area contributed by atoms with E-state index in [1.165, 1.54) is 0 Å². The van der Waals surface area contributed by atoms with Gasteiger partial charge in [0, 0.05) is 11.5 Å². The molecule has 194 valence electrons. The van der Waals surface area contributed by atoms with Gasteiger partial charge in [0.25, 0.3) is 5.91 Å². The summed E-state index contributed by atoms with van der Waals surface area (Å²) < 4.78 is 11.5. The molecule has 1 aliphatic carbocycles. The Hall–Kier alpha value is -1.90. The molecule has 1 saturated heterocycles. The highest BCUT2D eigenvalue weighted by atomic mass is 16.6. The van der Waals surface area contributed by atoms with E-state index in [-0.39, 0.29) is 47.0 Å². The minimum Gasteiger partial charge on any atom is -0.427 e. The molecule has 0 spiro atoms. The molecule has 1 aromatic rings. The Kier molecular flexibility index (Phi) is 9.05. The second-order valence-electron chi connectivity index (χ2n) is 11.5. The number of nitrogens with zero attached hydrogens (tertiary/aromatic N) is 1. The van der Waals surface area contributed by atoms with Gasteiger partial charge in [-0.2, -0.15) is 0 Å². The Bertz CT molecular complexity index is 882. The van der Waals surface area contributed by atoms with Crippen LogP contribution in [0.4, 0.5) is 0 Å². The third-order valence-corrected chi connectivity index (χ3v) is 7.66. The standard InChI is InChI=1S/C27H43BN2O5/c1-8-24(27(5,6)7)30(26(32)20-14-17(2)13-18(3)15-20)29-25(31)22-10-9-21-16-23(19(22)4)34-11-12-35-28(21)33/h13-15,19,21-24,33H,8-12,16H2,1-7H3,(H,29,31). The molecule has 2 amide bonds. The van der Waals surface area contributed by atoms with Gasteiger partial charge in [0.1, 0.15) is 0 Å². The van der Waals surface area contributed by atoms with Crippen molar-refractivity contribution in [2.75, 3.05) is 13.2 Å². The van der Waals surface area contributed by atoms with Crippen molar-refractivity contribution in [2.45, 2.75) is 92.1 Å². The van der Waals surface area contributed by atoms with Crippen molar-refractivity contribution in [2.24, 2.45) is 17.3 Å². The maximum Gasteiger partial charge on any atom is 0.457 e. The molecule has 3 rings (SSSR count). The molecule has 7 nitrogen and oxygen atoms in total. The molecule has 1 aliphatic heterocycles. The maximum atomic E-state index is 13.8. The van der Waals surface area contributed by atoms with Gasteiger partial charge in [-0.3, -0.25) is 15.0 Å². The lowest BCUT2D eigenvalue weighted by atomic mass is 9.67. The number of amides is 2. The fourth-order valence-electron chi connectivity index (χ4n) is 5.79. The zero-order chi connectivity index (χ0) is 25.9. The first-order chi connectivity index (χ1) is 16.4. The van der Waals surface area contributed by atoms with Crippen LogP contribution < -0.4 is 5.43 Å². The summed E-state index contributed by atoms with van der Waals surface area (Å²) in [6, 6.07) is 5.61. The molecule has 2 N–H and O–H groups in total. The van der Waals surface area contributed by atoms with Gasteiger partial charge in [-0.1, -0.05) is 58.2 Å². The maximum absolute atomic E-state index is 13.8. The predicted octanol–water partition coefficient (Wildman–Crippen LogP) is 4.30. The van der Waals surface area contributed by atoms with E-state index >= 15 is 0 Å². The topological polar surface area (TPSA) is 88.1 Å². The van der Waals surface area contributed by atoms with Gasteiger partial charge in [0.15, 0.2) is 0 Å². The monoisotopic (exact) mass is 486 g/mol. The molecule has 1 aromatic carbocycles. The Labute approximate surface area is 211 Å². The van der Waals surface area contributed by atoms with Crippen LogP contribution >= 0.6 is 0 Å². The summed E-state index contributed by atoms with van der Waals surface area (Å²) in [5, 5.41) is 12.0. The highest BCUT2D eigenvalue weighted by molar-refractivity contribution is 6.44. The fourth-order valence-corrected chi connectivity index (χ4v) is 5.79. The fraction of sp³-hybridized carbons (Fsp3) is 0.704. The molecule has 1 heterocycles. The van der Waals surface area contributed by atoms with Crippen LogP contribution in [0.3, 0.4) is 0 Å². The average molecular weight is 486 g/mol. The van der Waals surface area contributed by atoms with E-state index in [0.29, 0.717) is 44.5 Å². The van der Waals surface area contributed by atoms with Gasteiger partial charge < -0.3 is 14.4 Å². The summed E-state index contributed by atoms with van der Waals surface area (Å²) in [4.78, 5) is 27.6. The lowest BCUT2D eigenvalue weighted by molar-refractivity contribution is -0.135. The summed E-state index contributed by atoms with van der Waals surface area (Å²) in [5.41, 5.74) is 5.42. The second kappa shape index (κ2) is 11.4. The highest BCUT2D eigenvalue weighted by Gasteiger charge is 2.43. The molecule has 8 heteroatoms. The normalized spacial score (nSPS) is 26.2. The SMILES string of the molecule is CCC(N(NC(=O)C1CCC2CC(OCCOB2O)C1C)C(=O)c1cc(C)cc(C)c1)C(C)(C)C. The Morgan fingerprint density at radius 2 is 1.83 bits per heavy atom. The van der Waals surface area contributed by atoms with E-state index in [2.05, 4.69) is 26.2 Å². The van der Waals surface area contributed by atoms with E-state index in [0.717, 1.165) is 11.1 Å². The number of fused-ring (bicyclic) bond motifs is 2. The number of rotatable bonds is 4. The highest BCUT2D eigenvalue weighted by Crippen LogP contribution is 2.39. The van der Waals surface area contributed by atoms with Crippen LogP contribution in [0.1, 0.15) is 81.8 Å². The quantitative estimate of drug-likeness (QED) is 0.490. The number of hydrogen-bond donors (Lipinski definition) is 2. The van der Waals surface area contributed by atoms with Crippen molar-refractivity contribution in [3.63, 3.8) is 0 Å². The van der Waals surface area contributed by atoms with Crippen molar-refractivity contribution in [1.82, 2.24) is 10.4 Å². The molecule has 2 bridgehead atoms. The predicted molar refractivity (Wildman–Crippen MR) is 138 cm³/mol. The van der Waals surface area contributed by atoms with Crippen molar-refractivity contribution >= 4 is 18.9 Å². The number of nitrogens with one attached hydrogen (secondary N) is 1. The molecular formula is C27H43BN2O5. The summed E-state index contributed by atoms with van der Waals surface area (Å²) in [7, 11) is -0.830. The number of carbonyl (C=O) groups is 2. The third-order valence-electron chi connectivity index (χ3n) is 7.66. The van der Waals surface area contributed by atoms with E-state index in [1.807, 2.05) is 45.9 Å². The van der Waals surface area contributed by atoms with Crippen molar-refractivity contribution in [1.29, 1.82) is 0 Å². The number of benzene rings is 1. The summed E-state index contributed by atoms with van der Waals surface area (Å²) in [6.07, 6.45) is 2.51. The minimum atomic E-state index is -0.830. The van der Waals surface area contributed by atoms with Crippen LogP contribution in [-0.4, -0.2) is 54.3 Å². The van der Waals surface area contributed by atoms with Gasteiger partial charge in [-0.15, -0.1) is 0 Å². The summed E-state index contributed by atoms with van der Waals surface area (Å²) >= 11 is 0. The van der Waals surface area contributed by atoms with E-state index < -0.39 is 7.12 Å². The minimum absolute atomic E-state index is 0.0434. The van der Waals surface area contributed by atoms with Gasteiger partial charge in [0.2, 0.25) is 5.91 Å². The lowest BCUT2D eigenvalue weighted by Crippen LogP contribution is -2.57. The third kappa shape index (κ3) is 6.66. The number of ether oxygens (including phenoxy) is 1. The van der Waals surface area contributed by atoms with Gasteiger partial charge in [-0.25, -0.2) is 5.01 Å². The number of carbonyl (C=O) groups excluding carboxylic acids is 2. The zero-order valence-corrected chi connectivity index (χ0v) is 22.5. The first-order valence-electron chi connectivity index (χ1n) is 13.1. The second-order valence-corrected chi connectivity index (χ2v) is 11.5. The van der Waals surface area contributed by atoms with Crippen LogP contribution in [-0.2, 0) is 14.2 Å². The van der Waals surface area contributed by atoms with Gasteiger partial charge in [0.05, 0.1) is 25.4 Å². The Morgan fingerprint density at radius 1 is 1.17 bits per heavy atom. The molecule has 5 unspecified atom stereocenters.